The number of nitrogens with zero attached hydrogens (tertiary/aromatic N) is 3. The third-order valence-electron chi connectivity index (χ3n) is 4.05. The van der Waals surface area contributed by atoms with Crippen LogP contribution in [0.25, 0.3) is 23.0 Å². The fourth-order valence-electron chi connectivity index (χ4n) is 3.11. The van der Waals surface area contributed by atoms with Crippen molar-refractivity contribution in [1.82, 2.24) is 14.5 Å². The SMILES string of the molecule is O=c1c2n(c3c4c(nccc14)CN(CCCl)C=3)CC=CC=2. The first-order valence-electron chi connectivity index (χ1n) is 6.99. The Morgan fingerprint density at radius 2 is 2.24 bits per heavy atom. The Kier molecular flexibility index (Phi) is 2.86. The van der Waals surface area contributed by atoms with Gasteiger partial charge in [0.15, 0.2) is 0 Å². The number of alkyl halides is 1. The fourth-order valence-corrected chi connectivity index (χ4v) is 3.33. The molecular weight excluding hydrogens is 286 g/mol. The van der Waals surface area contributed by atoms with Gasteiger partial charge in [-0.15, -0.1) is 11.6 Å². The van der Waals surface area contributed by atoms with Crippen molar-refractivity contribution in [1.29, 1.82) is 0 Å². The molecule has 0 spiro atoms. The van der Waals surface area contributed by atoms with Gasteiger partial charge in [0.05, 0.1) is 22.9 Å². The zero-order chi connectivity index (χ0) is 14.4. The Morgan fingerprint density at radius 3 is 3.10 bits per heavy atom. The minimum absolute atomic E-state index is 0.0842. The van der Waals surface area contributed by atoms with Crippen LogP contribution < -0.4 is 16.1 Å². The van der Waals surface area contributed by atoms with Crippen LogP contribution in [0.15, 0.2) is 29.2 Å². The molecule has 0 saturated heterocycles. The minimum Gasteiger partial charge on any atom is -0.369 e. The van der Waals surface area contributed by atoms with Gasteiger partial charge in [-0.1, -0.05) is 12.2 Å². The lowest BCUT2D eigenvalue weighted by Gasteiger charge is -2.25. The highest BCUT2D eigenvalue weighted by Gasteiger charge is 2.18. The maximum absolute atomic E-state index is 12.7. The van der Waals surface area contributed by atoms with Crippen molar-refractivity contribution in [3.63, 3.8) is 0 Å². The molecule has 0 amide bonds. The minimum atomic E-state index is 0.0842. The van der Waals surface area contributed by atoms with Crippen molar-refractivity contribution in [3.05, 3.63) is 51.0 Å². The van der Waals surface area contributed by atoms with Crippen molar-refractivity contribution >= 4 is 34.6 Å². The molecule has 0 radical (unpaired) electrons. The van der Waals surface area contributed by atoms with E-state index in [9.17, 15) is 4.79 Å². The first kappa shape index (κ1) is 12.7. The standard InChI is InChI=1S/C16H14ClN3O/c17-5-8-19-9-12-15-11(4-6-18-12)16(21)13-3-1-2-7-20(13)14(15)10-19/h1-4,6,10H,5,7-9H2. The molecule has 4 heterocycles. The third kappa shape index (κ3) is 1.83. The molecule has 2 aliphatic heterocycles. The van der Waals surface area contributed by atoms with Gasteiger partial charge in [0.2, 0.25) is 5.43 Å². The van der Waals surface area contributed by atoms with Crippen molar-refractivity contribution < 1.29 is 0 Å². The molecule has 2 aromatic rings. The summed E-state index contributed by atoms with van der Waals surface area (Å²) in [6.45, 7) is 2.19. The average molecular weight is 300 g/mol. The number of pyridine rings is 2. The van der Waals surface area contributed by atoms with E-state index in [1.165, 1.54) is 0 Å². The summed E-state index contributed by atoms with van der Waals surface area (Å²) < 4.78 is 2.07. The molecule has 4 nitrogen and oxygen atoms in total. The lowest BCUT2D eigenvalue weighted by molar-refractivity contribution is 0.418. The lowest BCUT2D eigenvalue weighted by atomic mass is 10.1. The highest BCUT2D eigenvalue weighted by atomic mass is 35.5. The smallest absolute Gasteiger partial charge is 0.210 e. The second-order valence-corrected chi connectivity index (χ2v) is 5.65. The molecule has 4 rings (SSSR count). The molecule has 2 aliphatic rings. The molecular formula is C16H14ClN3O. The van der Waals surface area contributed by atoms with E-state index in [0.29, 0.717) is 19.0 Å². The molecule has 0 unspecified atom stereocenters. The average Bonchev–Trinajstić information content (AvgIpc) is 2.52. The van der Waals surface area contributed by atoms with Gasteiger partial charge in [-0.25, -0.2) is 0 Å². The van der Waals surface area contributed by atoms with Crippen LogP contribution in [-0.4, -0.2) is 26.9 Å². The summed E-state index contributed by atoms with van der Waals surface area (Å²) in [5.74, 6) is 0.570. The summed E-state index contributed by atoms with van der Waals surface area (Å²) in [5.41, 5.74) is 1.04. The van der Waals surface area contributed by atoms with Crippen LogP contribution >= 0.6 is 11.6 Å². The van der Waals surface area contributed by atoms with Gasteiger partial charge in [0.25, 0.3) is 0 Å². The monoisotopic (exact) mass is 299 g/mol. The number of halogens is 1. The summed E-state index contributed by atoms with van der Waals surface area (Å²) >= 11 is 5.88. The van der Waals surface area contributed by atoms with E-state index < -0.39 is 0 Å². The normalized spacial score (nSPS) is 15.6. The zero-order valence-electron chi connectivity index (χ0n) is 11.4. The third-order valence-corrected chi connectivity index (χ3v) is 4.22. The number of aromatic nitrogens is 2. The highest BCUT2D eigenvalue weighted by Crippen LogP contribution is 2.15. The second-order valence-electron chi connectivity index (χ2n) is 5.27. The number of hydrogen-bond donors (Lipinski definition) is 0. The summed E-state index contributed by atoms with van der Waals surface area (Å²) in [4.78, 5) is 19.3. The van der Waals surface area contributed by atoms with Crippen LogP contribution in [0.1, 0.15) is 5.69 Å². The maximum Gasteiger partial charge on any atom is 0.210 e. The first-order valence-corrected chi connectivity index (χ1v) is 7.52. The van der Waals surface area contributed by atoms with Crippen LogP contribution in [0.3, 0.4) is 0 Å². The fraction of sp³-hybridized carbons (Fsp3) is 0.250. The molecule has 0 N–H and O–H groups in total. The van der Waals surface area contributed by atoms with Crippen molar-refractivity contribution in [2.75, 3.05) is 12.4 Å². The highest BCUT2D eigenvalue weighted by molar-refractivity contribution is 6.18. The van der Waals surface area contributed by atoms with E-state index in [1.54, 1.807) is 6.20 Å². The van der Waals surface area contributed by atoms with E-state index in [2.05, 4.69) is 26.7 Å². The molecule has 0 atom stereocenters. The van der Waals surface area contributed by atoms with Gasteiger partial charge in [0, 0.05) is 42.1 Å². The Bertz CT molecular complexity index is 943. The Morgan fingerprint density at radius 1 is 1.33 bits per heavy atom. The van der Waals surface area contributed by atoms with Crippen LogP contribution in [0.5, 0.6) is 0 Å². The van der Waals surface area contributed by atoms with E-state index in [-0.39, 0.29) is 5.43 Å². The number of fused-ring (bicyclic) bond motifs is 2. The molecule has 106 valence electrons. The second kappa shape index (κ2) is 4.74. The molecule has 0 bridgehead atoms. The van der Waals surface area contributed by atoms with Gasteiger partial charge >= 0.3 is 0 Å². The Labute approximate surface area is 126 Å². The number of allylic oxidation sites excluding steroid dienone is 2. The Hall–Kier alpha value is -2.07. The number of hydrogen-bond acceptors (Lipinski definition) is 3. The van der Waals surface area contributed by atoms with Crippen molar-refractivity contribution in [3.8, 4) is 0 Å². The van der Waals surface area contributed by atoms with E-state index in [1.807, 2.05) is 18.2 Å². The molecule has 21 heavy (non-hydrogen) atoms. The summed E-state index contributed by atoms with van der Waals surface area (Å²) in [5, 5.41) is 3.54. The van der Waals surface area contributed by atoms with Crippen molar-refractivity contribution in [2.24, 2.45) is 0 Å². The zero-order valence-corrected chi connectivity index (χ0v) is 12.2. The number of rotatable bonds is 2. The van der Waals surface area contributed by atoms with Gasteiger partial charge in [0.1, 0.15) is 0 Å². The predicted octanol–water partition coefficient (Wildman–Crippen LogP) is 0.539. The van der Waals surface area contributed by atoms with Crippen LogP contribution in [0.2, 0.25) is 0 Å². The quantitative estimate of drug-likeness (QED) is 0.760. The van der Waals surface area contributed by atoms with Crippen molar-refractivity contribution in [2.45, 2.75) is 13.1 Å². The van der Waals surface area contributed by atoms with Gasteiger partial charge in [-0.3, -0.25) is 9.78 Å². The van der Waals surface area contributed by atoms with Crippen LogP contribution in [0.4, 0.5) is 0 Å². The summed E-state index contributed by atoms with van der Waals surface area (Å²) in [7, 11) is 0. The summed E-state index contributed by atoms with van der Waals surface area (Å²) in [6, 6.07) is 1.82. The maximum atomic E-state index is 12.7. The summed E-state index contributed by atoms with van der Waals surface area (Å²) in [6.07, 6.45) is 9.71. The molecule has 5 heteroatoms. The molecule has 0 aliphatic carbocycles. The van der Waals surface area contributed by atoms with Crippen LogP contribution in [-0.2, 0) is 13.1 Å². The van der Waals surface area contributed by atoms with E-state index >= 15 is 0 Å². The van der Waals surface area contributed by atoms with Gasteiger partial charge in [-0.2, -0.15) is 0 Å². The Balaban J connectivity index is 2.20. The molecule has 0 fully saturated rings. The van der Waals surface area contributed by atoms with E-state index in [0.717, 1.165) is 33.7 Å². The first-order chi connectivity index (χ1) is 10.3. The topological polar surface area (TPSA) is 38.1 Å². The largest absolute Gasteiger partial charge is 0.369 e. The van der Waals surface area contributed by atoms with Crippen LogP contribution in [0, 0.1) is 0 Å². The van der Waals surface area contributed by atoms with E-state index in [4.69, 9.17) is 11.6 Å². The lowest BCUT2D eigenvalue weighted by Crippen LogP contribution is -2.47. The molecule has 2 aromatic heterocycles. The predicted molar refractivity (Wildman–Crippen MR) is 84.5 cm³/mol. The molecule has 0 saturated carbocycles. The van der Waals surface area contributed by atoms with Gasteiger partial charge in [-0.05, 0) is 12.1 Å². The molecule has 0 aromatic carbocycles. The van der Waals surface area contributed by atoms with Gasteiger partial charge < -0.3 is 9.47 Å².